The first-order valence-electron chi connectivity index (χ1n) is 10.6. The van der Waals surface area contributed by atoms with Crippen LogP contribution in [0.15, 0.2) is 6.20 Å². The van der Waals surface area contributed by atoms with Gasteiger partial charge < -0.3 is 21.5 Å². The maximum absolute atomic E-state index is 11.6. The highest BCUT2D eigenvalue weighted by atomic mass is 19.4. The number of carbonyl (C=O) groups excluding carboxylic acids is 2. The van der Waals surface area contributed by atoms with Gasteiger partial charge in [-0.15, -0.1) is 0 Å². The van der Waals surface area contributed by atoms with Crippen molar-refractivity contribution in [1.29, 1.82) is 5.26 Å². The van der Waals surface area contributed by atoms with Crippen LogP contribution < -0.4 is 16.4 Å². The summed E-state index contributed by atoms with van der Waals surface area (Å²) < 4.78 is 34.8. The smallest absolute Gasteiger partial charge is 0.378 e. The van der Waals surface area contributed by atoms with Crippen LogP contribution in [0.25, 0.3) is 0 Å². The second kappa shape index (κ2) is 11.3. The highest BCUT2D eigenvalue weighted by Crippen LogP contribution is 2.33. The van der Waals surface area contributed by atoms with Gasteiger partial charge in [-0.1, -0.05) is 19.3 Å². The quantitative estimate of drug-likeness (QED) is 0.466. The Kier molecular flexibility index (Phi) is 9.03. The Balaban J connectivity index is 0.000000178. The van der Waals surface area contributed by atoms with Gasteiger partial charge in [-0.3, -0.25) is 14.7 Å². The van der Waals surface area contributed by atoms with Gasteiger partial charge in [-0.05, 0) is 31.6 Å². The van der Waals surface area contributed by atoms with Crippen molar-refractivity contribution in [3.8, 4) is 6.07 Å². The Bertz CT molecular complexity index is 806. The number of nitrogens with zero attached hydrogens (tertiary/aromatic N) is 2. The van der Waals surface area contributed by atoms with Gasteiger partial charge in [0.25, 0.3) is 5.91 Å². The lowest BCUT2D eigenvalue weighted by Gasteiger charge is -2.38. The predicted molar refractivity (Wildman–Crippen MR) is 109 cm³/mol. The van der Waals surface area contributed by atoms with E-state index in [9.17, 15) is 22.8 Å². The van der Waals surface area contributed by atoms with Crippen molar-refractivity contribution in [1.82, 2.24) is 15.5 Å². The molecule has 9 nitrogen and oxygen atoms in total. The van der Waals surface area contributed by atoms with Crippen LogP contribution in [0.3, 0.4) is 0 Å². The zero-order chi connectivity index (χ0) is 23.8. The molecule has 6 N–H and O–H groups in total. The van der Waals surface area contributed by atoms with E-state index in [0.717, 1.165) is 25.2 Å². The Hall–Kier alpha value is -2.65. The van der Waals surface area contributed by atoms with Crippen LogP contribution in [0.4, 0.5) is 19.0 Å². The van der Waals surface area contributed by atoms with Crippen LogP contribution in [-0.2, 0) is 4.79 Å². The maximum Gasteiger partial charge on any atom is 0.419 e. The van der Waals surface area contributed by atoms with Crippen LogP contribution in [0.2, 0.25) is 0 Å². The molecule has 1 aliphatic heterocycles. The molecule has 1 aromatic rings. The number of hydrogen-bond donors (Lipinski definition) is 5. The van der Waals surface area contributed by atoms with Gasteiger partial charge in [0.1, 0.15) is 11.4 Å². The summed E-state index contributed by atoms with van der Waals surface area (Å²) in [5.74, 6) is 0.416. The van der Waals surface area contributed by atoms with E-state index in [-0.39, 0.29) is 36.3 Å². The first-order chi connectivity index (χ1) is 15.1. The SMILES string of the molecule is N#CCC1CCCCC1.NC(=O)c1cn[nH]c1NC(=O)C1CC1.OC1(C(F)(F)F)CNC1. The van der Waals surface area contributed by atoms with Crippen LogP contribution in [-0.4, -0.2) is 52.0 Å². The number of β-amino-alcohol motifs (C(OH)–C–C–N with tert-alkyl or cyclic N) is 1. The number of primary amides is 1. The Labute approximate surface area is 183 Å². The highest BCUT2D eigenvalue weighted by molar-refractivity contribution is 6.02. The second-order valence-electron chi connectivity index (χ2n) is 8.29. The van der Waals surface area contributed by atoms with E-state index in [2.05, 4.69) is 26.9 Å². The summed E-state index contributed by atoms with van der Waals surface area (Å²) in [5, 5.41) is 28.0. The number of halogens is 3. The third kappa shape index (κ3) is 7.49. The Morgan fingerprint density at radius 1 is 1.25 bits per heavy atom. The molecule has 0 spiro atoms. The molecule has 4 rings (SSSR count). The molecule has 2 heterocycles. The van der Waals surface area contributed by atoms with Crippen molar-refractivity contribution in [3.05, 3.63) is 11.8 Å². The number of carbonyl (C=O) groups is 2. The lowest BCUT2D eigenvalue weighted by atomic mass is 9.87. The standard InChI is InChI=1S/C8H10N4O2.C8H13N.C4H6F3NO/c9-6(13)5-3-10-12-7(5)11-8(14)4-1-2-4;9-7-6-8-4-2-1-3-5-8;5-4(6,7)3(9)1-8-2-3/h3-4H,1-2H2,(H2,9,13)(H2,10,11,12,14);8H,1-6H2;8-9H,1-2H2. The van der Waals surface area contributed by atoms with Crippen LogP contribution >= 0.6 is 0 Å². The zero-order valence-electron chi connectivity index (χ0n) is 17.7. The first-order valence-corrected chi connectivity index (χ1v) is 10.6. The van der Waals surface area contributed by atoms with E-state index < -0.39 is 17.7 Å². The molecule has 12 heteroatoms. The van der Waals surface area contributed by atoms with Crippen molar-refractivity contribution in [2.75, 3.05) is 18.4 Å². The normalized spacial score (nSPS) is 19.7. The number of rotatable bonds is 4. The van der Waals surface area contributed by atoms with Gasteiger partial charge in [0, 0.05) is 25.4 Å². The molecule has 1 aromatic heterocycles. The number of aliphatic hydroxyl groups is 1. The van der Waals surface area contributed by atoms with E-state index in [1.54, 1.807) is 0 Å². The summed E-state index contributed by atoms with van der Waals surface area (Å²) in [4.78, 5) is 22.2. The summed E-state index contributed by atoms with van der Waals surface area (Å²) in [6.45, 7) is -0.757. The number of amides is 2. The lowest BCUT2D eigenvalue weighted by Crippen LogP contribution is -2.67. The fourth-order valence-electron chi connectivity index (χ4n) is 3.22. The summed E-state index contributed by atoms with van der Waals surface area (Å²) in [6.07, 6.45) is 6.13. The van der Waals surface area contributed by atoms with Gasteiger partial charge >= 0.3 is 6.18 Å². The third-order valence-corrected chi connectivity index (χ3v) is 5.57. The molecule has 3 fully saturated rings. The van der Waals surface area contributed by atoms with Gasteiger partial charge in [-0.25, -0.2) is 0 Å². The van der Waals surface area contributed by atoms with Crippen molar-refractivity contribution in [3.63, 3.8) is 0 Å². The van der Waals surface area contributed by atoms with Crippen molar-refractivity contribution < 1.29 is 27.9 Å². The molecule has 0 atom stereocenters. The van der Waals surface area contributed by atoms with Crippen LogP contribution in [0.5, 0.6) is 0 Å². The fraction of sp³-hybridized carbons (Fsp3) is 0.700. The van der Waals surface area contributed by atoms with E-state index in [0.29, 0.717) is 0 Å². The van der Waals surface area contributed by atoms with E-state index >= 15 is 0 Å². The largest absolute Gasteiger partial charge is 0.419 e. The van der Waals surface area contributed by atoms with Crippen LogP contribution in [0.1, 0.15) is 61.7 Å². The monoisotopic (exact) mass is 458 g/mol. The molecule has 0 bridgehead atoms. The molecule has 2 saturated carbocycles. The molecule has 178 valence electrons. The number of aromatic nitrogens is 2. The van der Waals surface area contributed by atoms with Gasteiger partial charge in [0.05, 0.1) is 12.3 Å². The fourth-order valence-corrected chi connectivity index (χ4v) is 3.22. The zero-order valence-corrected chi connectivity index (χ0v) is 17.7. The summed E-state index contributed by atoms with van der Waals surface area (Å²) in [6, 6.07) is 2.24. The molecule has 3 aliphatic rings. The molecule has 0 radical (unpaired) electrons. The van der Waals surface area contributed by atoms with Crippen LogP contribution in [0, 0.1) is 23.2 Å². The summed E-state index contributed by atoms with van der Waals surface area (Å²) >= 11 is 0. The third-order valence-electron chi connectivity index (χ3n) is 5.57. The minimum absolute atomic E-state index is 0.0824. The number of nitrogens with one attached hydrogen (secondary N) is 3. The molecule has 0 aromatic carbocycles. The molecule has 0 unspecified atom stereocenters. The number of anilines is 1. The number of aromatic amines is 1. The average molecular weight is 458 g/mol. The van der Waals surface area contributed by atoms with E-state index in [4.69, 9.17) is 16.1 Å². The lowest BCUT2D eigenvalue weighted by molar-refractivity contribution is -0.274. The number of H-pyrrole nitrogens is 1. The molecule has 2 amide bonds. The Morgan fingerprint density at radius 3 is 2.28 bits per heavy atom. The number of hydrogen-bond acceptors (Lipinski definition) is 6. The van der Waals surface area contributed by atoms with Gasteiger partial charge in [-0.2, -0.15) is 23.5 Å². The molecular formula is C20H29F3N6O3. The number of nitrogens with two attached hydrogens (primary N) is 1. The first kappa shape index (κ1) is 25.6. The Morgan fingerprint density at radius 2 is 1.88 bits per heavy atom. The topological polar surface area (TPSA) is 157 Å². The number of nitriles is 1. The highest BCUT2D eigenvalue weighted by Gasteiger charge is 2.57. The maximum atomic E-state index is 11.6. The minimum atomic E-state index is -4.47. The van der Waals surface area contributed by atoms with Crippen molar-refractivity contribution >= 4 is 17.6 Å². The molecule has 2 aliphatic carbocycles. The average Bonchev–Trinajstić information content (AvgIpc) is 3.46. The molecule has 32 heavy (non-hydrogen) atoms. The van der Waals surface area contributed by atoms with E-state index in [1.807, 2.05) is 0 Å². The van der Waals surface area contributed by atoms with E-state index in [1.165, 1.54) is 38.3 Å². The van der Waals surface area contributed by atoms with Gasteiger partial charge in [0.15, 0.2) is 5.60 Å². The summed E-state index contributed by atoms with van der Waals surface area (Å²) in [7, 11) is 0. The van der Waals surface area contributed by atoms with Crippen molar-refractivity contribution in [2.45, 2.75) is 63.1 Å². The van der Waals surface area contributed by atoms with Gasteiger partial charge in [0.2, 0.25) is 5.91 Å². The van der Waals surface area contributed by atoms with Crippen molar-refractivity contribution in [2.24, 2.45) is 17.6 Å². The summed E-state index contributed by atoms with van der Waals surface area (Å²) in [5.41, 5.74) is 2.83. The number of alkyl halides is 3. The predicted octanol–water partition coefficient (Wildman–Crippen LogP) is 2.22. The molecular weight excluding hydrogens is 429 g/mol. The minimum Gasteiger partial charge on any atom is -0.378 e. The second-order valence-corrected chi connectivity index (χ2v) is 8.29. The molecule has 1 saturated heterocycles.